The highest BCUT2D eigenvalue weighted by Gasteiger charge is 2.36. The number of anilines is 1. The lowest BCUT2D eigenvalue weighted by Gasteiger charge is -2.28. The molecule has 21 heavy (non-hydrogen) atoms. The summed E-state index contributed by atoms with van der Waals surface area (Å²) >= 11 is 1.67. The summed E-state index contributed by atoms with van der Waals surface area (Å²) in [5.74, 6) is -0.411. The number of hydrogen-bond acceptors (Lipinski definition) is 5. The van der Waals surface area contributed by atoms with Crippen molar-refractivity contribution < 1.29 is 14.6 Å². The maximum absolute atomic E-state index is 11.3. The molecule has 0 saturated heterocycles. The molecule has 0 amide bonds. The van der Waals surface area contributed by atoms with Crippen molar-refractivity contribution >= 4 is 22.4 Å². The third-order valence-corrected chi connectivity index (χ3v) is 5.75. The van der Waals surface area contributed by atoms with Crippen molar-refractivity contribution in [2.45, 2.75) is 44.6 Å². The molecule has 1 N–H and O–H groups in total. The molecule has 2 aliphatic rings. The zero-order chi connectivity index (χ0) is 15.0. The van der Waals surface area contributed by atoms with E-state index in [1.165, 1.54) is 12.8 Å². The smallest absolute Gasteiger partial charge is 0.312 e. The van der Waals surface area contributed by atoms with Gasteiger partial charge in [0.15, 0.2) is 5.13 Å². The van der Waals surface area contributed by atoms with Gasteiger partial charge in [-0.05, 0) is 38.5 Å². The second-order valence-corrected chi connectivity index (χ2v) is 7.06. The number of aryl methyl sites for hydroxylation is 1. The number of methoxy groups -OCH3 is 1. The van der Waals surface area contributed by atoms with E-state index in [1.807, 2.05) is 0 Å². The largest absolute Gasteiger partial charge is 0.481 e. The highest BCUT2D eigenvalue weighted by Crippen LogP contribution is 2.42. The first-order valence-electron chi connectivity index (χ1n) is 7.59. The molecule has 2 aliphatic carbocycles. The van der Waals surface area contributed by atoms with E-state index in [0.717, 1.165) is 34.6 Å². The topological polar surface area (TPSA) is 62.7 Å². The van der Waals surface area contributed by atoms with Crippen molar-refractivity contribution in [3.05, 3.63) is 10.6 Å². The van der Waals surface area contributed by atoms with Crippen LogP contribution >= 0.6 is 11.3 Å². The normalized spacial score (nSPS) is 22.1. The van der Waals surface area contributed by atoms with Gasteiger partial charge in [0.25, 0.3) is 0 Å². The summed E-state index contributed by atoms with van der Waals surface area (Å²) in [5.41, 5.74) is 0.799. The monoisotopic (exact) mass is 310 g/mol. The molecule has 0 spiro atoms. The second kappa shape index (κ2) is 5.93. The van der Waals surface area contributed by atoms with Gasteiger partial charge in [0, 0.05) is 24.6 Å². The SMILES string of the molecule is COCCN(c1nc2c(s1)CCC2C(=O)O)C(C)C1CC1. The Morgan fingerprint density at radius 2 is 2.29 bits per heavy atom. The molecule has 116 valence electrons. The van der Waals surface area contributed by atoms with E-state index in [-0.39, 0.29) is 0 Å². The molecule has 0 bridgehead atoms. The maximum Gasteiger partial charge on any atom is 0.312 e. The molecule has 1 saturated carbocycles. The molecule has 0 aromatic carbocycles. The molecule has 0 aliphatic heterocycles. The van der Waals surface area contributed by atoms with E-state index < -0.39 is 11.9 Å². The number of ether oxygens (including phenoxy) is 1. The van der Waals surface area contributed by atoms with Crippen LogP contribution in [0.15, 0.2) is 0 Å². The van der Waals surface area contributed by atoms with Crippen molar-refractivity contribution in [3.8, 4) is 0 Å². The first-order valence-corrected chi connectivity index (χ1v) is 8.41. The summed E-state index contributed by atoms with van der Waals surface area (Å²) in [6.45, 7) is 3.73. The van der Waals surface area contributed by atoms with Crippen LogP contribution in [0.25, 0.3) is 0 Å². The van der Waals surface area contributed by atoms with Crippen LogP contribution in [-0.2, 0) is 16.0 Å². The summed E-state index contributed by atoms with van der Waals surface area (Å²) in [7, 11) is 1.71. The molecule has 6 heteroatoms. The summed E-state index contributed by atoms with van der Waals surface area (Å²) in [4.78, 5) is 19.4. The number of nitrogens with zero attached hydrogens (tertiary/aromatic N) is 2. The second-order valence-electron chi connectivity index (χ2n) is 6.00. The Morgan fingerprint density at radius 3 is 2.90 bits per heavy atom. The number of fused-ring (bicyclic) bond motifs is 1. The first kappa shape index (κ1) is 14.8. The zero-order valence-corrected chi connectivity index (χ0v) is 13.4. The minimum Gasteiger partial charge on any atom is -0.481 e. The fraction of sp³-hybridized carbons (Fsp3) is 0.733. The molecule has 2 unspecified atom stereocenters. The Labute approximate surface area is 128 Å². The minimum atomic E-state index is -0.746. The van der Waals surface area contributed by atoms with Crippen LogP contribution in [-0.4, -0.2) is 42.4 Å². The number of carboxylic acids is 1. The quantitative estimate of drug-likeness (QED) is 0.838. The Hall–Kier alpha value is -1.14. The van der Waals surface area contributed by atoms with E-state index >= 15 is 0 Å². The summed E-state index contributed by atoms with van der Waals surface area (Å²) in [6.07, 6.45) is 4.11. The molecular weight excluding hydrogens is 288 g/mol. The standard InChI is InChI=1S/C15H22N2O3S/c1-9(10-3-4-10)17(7-8-20-2)15-16-13-11(14(18)19)5-6-12(13)21-15/h9-11H,3-8H2,1-2H3,(H,18,19). The molecule has 3 rings (SSSR count). The molecule has 0 radical (unpaired) electrons. The number of rotatable bonds is 7. The first-order chi connectivity index (χ1) is 10.1. The van der Waals surface area contributed by atoms with Crippen LogP contribution in [0.1, 0.15) is 42.7 Å². The maximum atomic E-state index is 11.3. The van der Waals surface area contributed by atoms with E-state index in [0.29, 0.717) is 19.1 Å². The van der Waals surface area contributed by atoms with Crippen molar-refractivity contribution in [1.82, 2.24) is 4.98 Å². The molecule has 1 aromatic heterocycles. The van der Waals surface area contributed by atoms with E-state index in [1.54, 1.807) is 18.4 Å². The van der Waals surface area contributed by atoms with Crippen molar-refractivity contribution in [2.75, 3.05) is 25.2 Å². The molecule has 2 atom stereocenters. The number of carboxylic acid groups (broad SMARTS) is 1. The van der Waals surface area contributed by atoms with Gasteiger partial charge in [0.05, 0.1) is 12.3 Å². The van der Waals surface area contributed by atoms with Crippen LogP contribution in [0, 0.1) is 5.92 Å². The van der Waals surface area contributed by atoms with Gasteiger partial charge < -0.3 is 14.7 Å². The molecule has 1 fully saturated rings. The van der Waals surface area contributed by atoms with Gasteiger partial charge in [-0.1, -0.05) is 0 Å². The van der Waals surface area contributed by atoms with Crippen LogP contribution in [0.5, 0.6) is 0 Å². The molecule has 1 heterocycles. The van der Waals surface area contributed by atoms with Crippen molar-refractivity contribution in [3.63, 3.8) is 0 Å². The molecule has 5 nitrogen and oxygen atoms in total. The van der Waals surface area contributed by atoms with Gasteiger partial charge in [-0.15, -0.1) is 11.3 Å². The van der Waals surface area contributed by atoms with Gasteiger partial charge in [-0.2, -0.15) is 0 Å². The van der Waals surface area contributed by atoms with Gasteiger partial charge in [0.2, 0.25) is 0 Å². The predicted molar refractivity (Wildman–Crippen MR) is 82.2 cm³/mol. The minimum absolute atomic E-state index is 0.412. The van der Waals surface area contributed by atoms with Crippen LogP contribution in [0.2, 0.25) is 0 Å². The van der Waals surface area contributed by atoms with E-state index in [2.05, 4.69) is 16.8 Å². The fourth-order valence-electron chi connectivity index (χ4n) is 3.07. The number of carbonyl (C=O) groups is 1. The Kier molecular flexibility index (Phi) is 4.17. The Balaban J connectivity index is 1.82. The number of thiazole rings is 1. The summed E-state index contributed by atoms with van der Waals surface area (Å²) in [6, 6.07) is 0.453. The Morgan fingerprint density at radius 1 is 1.52 bits per heavy atom. The third-order valence-electron chi connectivity index (χ3n) is 4.58. The van der Waals surface area contributed by atoms with Gasteiger partial charge in [0.1, 0.15) is 5.92 Å². The average molecular weight is 310 g/mol. The third kappa shape index (κ3) is 2.92. The molecular formula is C15H22N2O3S. The average Bonchev–Trinajstić information content (AvgIpc) is 3.10. The summed E-state index contributed by atoms with van der Waals surface area (Å²) < 4.78 is 5.22. The lowest BCUT2D eigenvalue weighted by molar-refractivity contribution is -0.138. The highest BCUT2D eigenvalue weighted by molar-refractivity contribution is 7.15. The summed E-state index contributed by atoms with van der Waals surface area (Å²) in [5, 5.41) is 10.3. The number of aromatic nitrogens is 1. The van der Waals surface area contributed by atoms with Gasteiger partial charge in [-0.25, -0.2) is 4.98 Å². The highest BCUT2D eigenvalue weighted by atomic mass is 32.1. The van der Waals surface area contributed by atoms with Gasteiger partial charge in [-0.3, -0.25) is 4.79 Å². The predicted octanol–water partition coefficient (Wildman–Crippen LogP) is 2.51. The number of hydrogen-bond donors (Lipinski definition) is 1. The van der Waals surface area contributed by atoms with E-state index in [4.69, 9.17) is 4.74 Å². The number of aliphatic carboxylic acids is 1. The Bertz CT molecular complexity index is 527. The van der Waals surface area contributed by atoms with Crippen LogP contribution in [0.4, 0.5) is 5.13 Å². The van der Waals surface area contributed by atoms with Gasteiger partial charge >= 0.3 is 5.97 Å². The lowest BCUT2D eigenvalue weighted by atomic mass is 10.1. The van der Waals surface area contributed by atoms with Crippen LogP contribution in [0.3, 0.4) is 0 Å². The van der Waals surface area contributed by atoms with Crippen molar-refractivity contribution in [1.29, 1.82) is 0 Å². The molecule has 1 aromatic rings. The lowest BCUT2D eigenvalue weighted by Crippen LogP contribution is -2.37. The van der Waals surface area contributed by atoms with Crippen molar-refractivity contribution in [2.24, 2.45) is 5.92 Å². The fourth-order valence-corrected chi connectivity index (χ4v) is 4.33. The van der Waals surface area contributed by atoms with Crippen LogP contribution < -0.4 is 4.90 Å². The van der Waals surface area contributed by atoms with E-state index in [9.17, 15) is 9.90 Å². The zero-order valence-electron chi connectivity index (χ0n) is 12.5.